The molecular weight excluding hydrogens is 314 g/mol. The average Bonchev–Trinajstić information content (AvgIpc) is 3.18. The van der Waals surface area contributed by atoms with Gasteiger partial charge in [0.25, 0.3) is 5.91 Å². The third-order valence-electron chi connectivity index (χ3n) is 4.29. The average molecular weight is 337 g/mol. The lowest BCUT2D eigenvalue weighted by molar-refractivity contribution is 0.0947. The summed E-state index contributed by atoms with van der Waals surface area (Å²) in [4.78, 5) is 12.6. The molecular formula is C20H23N3O2. The van der Waals surface area contributed by atoms with Gasteiger partial charge in [0.15, 0.2) is 0 Å². The molecule has 1 N–H and O–H groups in total. The molecule has 25 heavy (non-hydrogen) atoms. The lowest BCUT2D eigenvalue weighted by Crippen LogP contribution is -2.32. The zero-order valence-corrected chi connectivity index (χ0v) is 15.0. The number of aromatic nitrogens is 2. The number of aryl methyl sites for hydroxylation is 4. The van der Waals surface area contributed by atoms with Gasteiger partial charge in [-0.3, -0.25) is 9.48 Å². The van der Waals surface area contributed by atoms with E-state index in [1.54, 1.807) is 6.26 Å². The zero-order valence-electron chi connectivity index (χ0n) is 15.0. The summed E-state index contributed by atoms with van der Waals surface area (Å²) in [6.07, 6.45) is 1.64. The fraction of sp³-hybridized carbons (Fsp3) is 0.300. The van der Waals surface area contributed by atoms with Crippen molar-refractivity contribution in [1.29, 1.82) is 0 Å². The molecule has 3 aromatic rings. The van der Waals surface area contributed by atoms with E-state index in [0.29, 0.717) is 12.1 Å². The molecule has 3 rings (SSSR count). The van der Waals surface area contributed by atoms with E-state index in [4.69, 9.17) is 4.42 Å². The van der Waals surface area contributed by atoms with Crippen molar-refractivity contribution in [2.24, 2.45) is 0 Å². The fourth-order valence-electron chi connectivity index (χ4n) is 3.10. The third kappa shape index (κ3) is 3.65. The van der Waals surface area contributed by atoms with Crippen LogP contribution in [0.4, 0.5) is 0 Å². The molecule has 5 nitrogen and oxygen atoms in total. The van der Waals surface area contributed by atoms with Gasteiger partial charge in [0.2, 0.25) is 0 Å². The van der Waals surface area contributed by atoms with E-state index in [1.807, 2.05) is 68.8 Å². The fourth-order valence-corrected chi connectivity index (χ4v) is 3.10. The van der Waals surface area contributed by atoms with Crippen molar-refractivity contribution in [3.05, 3.63) is 76.5 Å². The number of carbonyl (C=O) groups excluding carboxylic acids is 1. The molecule has 0 spiro atoms. The standard InChI is InChI=1S/C20H23N3O2/c1-13-7-8-17(14(2)10-13)20(24)21-12-18(19-6-5-9-25-19)23-16(4)11-15(3)22-23/h5-11,18H,12H2,1-4H3,(H,21,24). The summed E-state index contributed by atoms with van der Waals surface area (Å²) >= 11 is 0. The van der Waals surface area contributed by atoms with Crippen LogP contribution in [0, 0.1) is 27.7 Å². The molecule has 0 aliphatic carbocycles. The maximum atomic E-state index is 12.6. The lowest BCUT2D eigenvalue weighted by Gasteiger charge is -2.18. The topological polar surface area (TPSA) is 60.1 Å². The van der Waals surface area contributed by atoms with Gasteiger partial charge in [0, 0.05) is 17.8 Å². The zero-order chi connectivity index (χ0) is 18.0. The molecule has 2 aromatic heterocycles. The summed E-state index contributed by atoms with van der Waals surface area (Å²) in [6.45, 7) is 8.33. The predicted octanol–water partition coefficient (Wildman–Crippen LogP) is 3.73. The van der Waals surface area contributed by atoms with E-state index in [0.717, 1.165) is 28.3 Å². The second-order valence-corrected chi connectivity index (χ2v) is 6.43. The van der Waals surface area contributed by atoms with E-state index < -0.39 is 0 Å². The minimum absolute atomic E-state index is 0.0874. The van der Waals surface area contributed by atoms with Gasteiger partial charge in [-0.1, -0.05) is 17.7 Å². The first kappa shape index (κ1) is 17.0. The maximum absolute atomic E-state index is 12.6. The lowest BCUT2D eigenvalue weighted by atomic mass is 10.1. The van der Waals surface area contributed by atoms with Crippen molar-refractivity contribution in [3.8, 4) is 0 Å². The van der Waals surface area contributed by atoms with Gasteiger partial charge in [-0.25, -0.2) is 0 Å². The van der Waals surface area contributed by atoms with Gasteiger partial charge in [-0.05, 0) is 57.5 Å². The van der Waals surface area contributed by atoms with Gasteiger partial charge in [0.05, 0.1) is 12.0 Å². The highest BCUT2D eigenvalue weighted by atomic mass is 16.3. The summed E-state index contributed by atoms with van der Waals surface area (Å²) < 4.78 is 7.48. The largest absolute Gasteiger partial charge is 0.467 e. The highest BCUT2D eigenvalue weighted by Gasteiger charge is 2.21. The van der Waals surface area contributed by atoms with Crippen molar-refractivity contribution in [2.75, 3.05) is 6.54 Å². The Morgan fingerprint density at radius 1 is 1.20 bits per heavy atom. The van der Waals surface area contributed by atoms with E-state index in [2.05, 4.69) is 10.4 Å². The van der Waals surface area contributed by atoms with Crippen LogP contribution in [0.1, 0.15) is 44.7 Å². The Hall–Kier alpha value is -2.82. The number of benzene rings is 1. The number of carbonyl (C=O) groups is 1. The van der Waals surface area contributed by atoms with Crippen LogP contribution in [0.3, 0.4) is 0 Å². The van der Waals surface area contributed by atoms with Crippen LogP contribution in [0.25, 0.3) is 0 Å². The Labute approximate surface area is 147 Å². The molecule has 1 aromatic carbocycles. The molecule has 1 amide bonds. The molecule has 0 saturated heterocycles. The summed E-state index contributed by atoms with van der Waals surface area (Å²) in [6, 6.07) is 11.4. The molecule has 2 heterocycles. The summed E-state index contributed by atoms with van der Waals surface area (Å²) in [5, 5.41) is 7.57. The number of nitrogens with zero attached hydrogens (tertiary/aromatic N) is 2. The number of furan rings is 1. The monoisotopic (exact) mass is 337 g/mol. The molecule has 1 unspecified atom stereocenters. The van der Waals surface area contributed by atoms with E-state index in [-0.39, 0.29) is 11.9 Å². The number of nitrogens with one attached hydrogen (secondary N) is 1. The smallest absolute Gasteiger partial charge is 0.251 e. The van der Waals surface area contributed by atoms with Gasteiger partial charge >= 0.3 is 0 Å². The van der Waals surface area contributed by atoms with Crippen molar-refractivity contribution in [1.82, 2.24) is 15.1 Å². The maximum Gasteiger partial charge on any atom is 0.251 e. The second-order valence-electron chi connectivity index (χ2n) is 6.43. The van der Waals surface area contributed by atoms with Crippen LogP contribution in [0.2, 0.25) is 0 Å². The first-order valence-electron chi connectivity index (χ1n) is 8.37. The summed E-state index contributed by atoms with van der Waals surface area (Å²) in [7, 11) is 0. The molecule has 130 valence electrons. The Kier molecular flexibility index (Phi) is 4.74. The normalized spacial score (nSPS) is 12.2. The van der Waals surface area contributed by atoms with E-state index >= 15 is 0 Å². The molecule has 0 aliphatic heterocycles. The molecule has 1 atom stereocenters. The van der Waals surface area contributed by atoms with Crippen LogP contribution in [-0.2, 0) is 0 Å². The molecule has 0 bridgehead atoms. The quantitative estimate of drug-likeness (QED) is 0.772. The first-order chi connectivity index (χ1) is 12.0. The van der Waals surface area contributed by atoms with Crippen LogP contribution in [0.5, 0.6) is 0 Å². The number of hydrogen-bond acceptors (Lipinski definition) is 3. The summed E-state index contributed by atoms with van der Waals surface area (Å²) in [5.74, 6) is 0.683. The third-order valence-corrected chi connectivity index (χ3v) is 4.29. The molecule has 0 aliphatic rings. The number of hydrogen-bond donors (Lipinski definition) is 1. The second kappa shape index (κ2) is 6.97. The molecule has 0 fully saturated rings. The van der Waals surface area contributed by atoms with Crippen molar-refractivity contribution >= 4 is 5.91 Å². The van der Waals surface area contributed by atoms with Gasteiger partial charge in [-0.2, -0.15) is 5.10 Å². The van der Waals surface area contributed by atoms with Crippen LogP contribution < -0.4 is 5.32 Å². The van der Waals surface area contributed by atoms with Crippen LogP contribution in [-0.4, -0.2) is 22.2 Å². The first-order valence-corrected chi connectivity index (χ1v) is 8.37. The number of amides is 1. The van der Waals surface area contributed by atoms with Crippen molar-refractivity contribution in [3.63, 3.8) is 0 Å². The highest BCUT2D eigenvalue weighted by molar-refractivity contribution is 5.95. The number of rotatable bonds is 5. The molecule has 0 saturated carbocycles. The van der Waals surface area contributed by atoms with E-state index in [9.17, 15) is 4.79 Å². The Morgan fingerprint density at radius 2 is 2.00 bits per heavy atom. The molecule has 0 radical (unpaired) electrons. The van der Waals surface area contributed by atoms with Crippen molar-refractivity contribution in [2.45, 2.75) is 33.7 Å². The van der Waals surface area contributed by atoms with E-state index in [1.165, 1.54) is 0 Å². The minimum atomic E-state index is -0.182. The van der Waals surface area contributed by atoms with Crippen LogP contribution >= 0.6 is 0 Å². The predicted molar refractivity (Wildman–Crippen MR) is 96.8 cm³/mol. The van der Waals surface area contributed by atoms with Gasteiger partial charge in [0.1, 0.15) is 11.8 Å². The van der Waals surface area contributed by atoms with Gasteiger partial charge < -0.3 is 9.73 Å². The minimum Gasteiger partial charge on any atom is -0.467 e. The van der Waals surface area contributed by atoms with Gasteiger partial charge in [-0.15, -0.1) is 0 Å². The molecule has 5 heteroatoms. The highest BCUT2D eigenvalue weighted by Crippen LogP contribution is 2.20. The Morgan fingerprint density at radius 3 is 2.60 bits per heavy atom. The summed E-state index contributed by atoms with van der Waals surface area (Å²) in [5.41, 5.74) is 4.77. The Balaban J connectivity index is 1.82. The Bertz CT molecular complexity index is 878. The van der Waals surface area contributed by atoms with Crippen LogP contribution in [0.15, 0.2) is 47.1 Å². The SMILES string of the molecule is Cc1ccc(C(=O)NCC(c2ccco2)n2nc(C)cc2C)c(C)c1. The van der Waals surface area contributed by atoms with Crippen molar-refractivity contribution < 1.29 is 9.21 Å².